The standard InChI is InChI=1S/C19H12BrF3N2O4/c1-28-18(26)13-16(12-11(21)8-10(20)14(22)15(12)23)24-25(17(13)19(27)29-2)9-6-4-3-5-7-9/h3-8H,1-2H3. The number of esters is 2. The molecule has 0 fully saturated rings. The summed E-state index contributed by atoms with van der Waals surface area (Å²) < 4.78 is 53.2. The van der Waals surface area contributed by atoms with Crippen LogP contribution in [0, 0.1) is 17.5 Å². The second kappa shape index (κ2) is 8.08. The molecule has 0 spiro atoms. The summed E-state index contributed by atoms with van der Waals surface area (Å²) in [6.07, 6.45) is 0. The molecule has 6 nitrogen and oxygen atoms in total. The molecule has 3 rings (SSSR count). The number of methoxy groups -OCH3 is 2. The summed E-state index contributed by atoms with van der Waals surface area (Å²) in [5.74, 6) is -6.28. The number of aromatic nitrogens is 2. The van der Waals surface area contributed by atoms with Crippen LogP contribution >= 0.6 is 15.9 Å². The van der Waals surface area contributed by atoms with E-state index in [0.29, 0.717) is 11.8 Å². The van der Waals surface area contributed by atoms with Crippen molar-refractivity contribution in [3.05, 3.63) is 69.6 Å². The minimum atomic E-state index is -1.59. The molecule has 29 heavy (non-hydrogen) atoms. The van der Waals surface area contributed by atoms with Gasteiger partial charge in [-0.25, -0.2) is 27.4 Å². The van der Waals surface area contributed by atoms with Crippen LogP contribution in [-0.4, -0.2) is 35.9 Å². The number of carbonyl (C=O) groups excluding carboxylic acids is 2. The normalized spacial score (nSPS) is 10.7. The Morgan fingerprint density at radius 1 is 1.00 bits per heavy atom. The smallest absolute Gasteiger partial charge is 0.357 e. The Kier molecular flexibility index (Phi) is 5.73. The molecule has 0 unspecified atom stereocenters. The van der Waals surface area contributed by atoms with Crippen LogP contribution in [0.4, 0.5) is 13.2 Å². The predicted octanol–water partition coefficient (Wildman–Crippen LogP) is 4.29. The van der Waals surface area contributed by atoms with Crippen molar-refractivity contribution in [1.82, 2.24) is 9.78 Å². The van der Waals surface area contributed by atoms with E-state index in [1.165, 1.54) is 0 Å². The zero-order valence-electron chi connectivity index (χ0n) is 15.0. The second-order valence-electron chi connectivity index (χ2n) is 5.65. The number of carbonyl (C=O) groups is 2. The Hall–Kier alpha value is -3.14. The monoisotopic (exact) mass is 468 g/mol. The van der Waals surface area contributed by atoms with Crippen molar-refractivity contribution in [2.75, 3.05) is 14.2 Å². The van der Waals surface area contributed by atoms with Crippen molar-refractivity contribution < 1.29 is 32.2 Å². The summed E-state index contributed by atoms with van der Waals surface area (Å²) in [5.41, 5.74) is -2.23. The van der Waals surface area contributed by atoms with E-state index in [1.54, 1.807) is 30.3 Å². The van der Waals surface area contributed by atoms with Gasteiger partial charge in [0.2, 0.25) is 0 Å². The Bertz CT molecular complexity index is 1120. The number of rotatable bonds is 4. The minimum Gasteiger partial charge on any atom is -0.465 e. The maximum Gasteiger partial charge on any atom is 0.357 e. The van der Waals surface area contributed by atoms with Gasteiger partial charge >= 0.3 is 11.9 Å². The lowest BCUT2D eigenvalue weighted by Crippen LogP contribution is -2.15. The van der Waals surface area contributed by atoms with E-state index in [4.69, 9.17) is 4.74 Å². The van der Waals surface area contributed by atoms with Gasteiger partial charge in [0.1, 0.15) is 17.1 Å². The van der Waals surface area contributed by atoms with Crippen LogP contribution in [0.5, 0.6) is 0 Å². The lowest BCUT2D eigenvalue weighted by Gasteiger charge is -2.07. The highest BCUT2D eigenvalue weighted by atomic mass is 79.9. The van der Waals surface area contributed by atoms with Gasteiger partial charge in [-0.15, -0.1) is 0 Å². The fourth-order valence-electron chi connectivity index (χ4n) is 2.71. The molecular weight excluding hydrogens is 457 g/mol. The average Bonchev–Trinajstić information content (AvgIpc) is 3.11. The van der Waals surface area contributed by atoms with Crippen molar-refractivity contribution in [3.63, 3.8) is 0 Å². The van der Waals surface area contributed by atoms with E-state index in [1.807, 2.05) is 0 Å². The summed E-state index contributed by atoms with van der Waals surface area (Å²) in [6.45, 7) is 0. The van der Waals surface area contributed by atoms with Crippen LogP contribution < -0.4 is 0 Å². The zero-order chi connectivity index (χ0) is 21.3. The van der Waals surface area contributed by atoms with Gasteiger partial charge in [0.05, 0.1) is 29.9 Å². The first-order valence-corrected chi connectivity index (χ1v) is 8.79. The van der Waals surface area contributed by atoms with Gasteiger partial charge in [0.25, 0.3) is 0 Å². The van der Waals surface area contributed by atoms with Gasteiger partial charge < -0.3 is 9.47 Å². The van der Waals surface area contributed by atoms with Gasteiger partial charge in [-0.3, -0.25) is 0 Å². The maximum absolute atomic E-state index is 14.6. The first kappa shape index (κ1) is 20.6. The fraction of sp³-hybridized carbons (Fsp3) is 0.105. The van der Waals surface area contributed by atoms with Crippen molar-refractivity contribution in [3.8, 4) is 16.9 Å². The molecule has 0 bridgehead atoms. The van der Waals surface area contributed by atoms with E-state index in [2.05, 4.69) is 25.8 Å². The minimum absolute atomic E-state index is 0.294. The van der Waals surface area contributed by atoms with E-state index in [-0.39, 0.29) is 0 Å². The molecule has 0 aliphatic heterocycles. The van der Waals surface area contributed by atoms with Gasteiger partial charge in [-0.2, -0.15) is 5.10 Å². The summed E-state index contributed by atoms with van der Waals surface area (Å²) in [5, 5.41) is 4.03. The molecule has 1 aromatic heterocycles. The number of para-hydroxylation sites is 1. The first-order valence-electron chi connectivity index (χ1n) is 8.00. The van der Waals surface area contributed by atoms with Crippen LogP contribution in [-0.2, 0) is 9.47 Å². The van der Waals surface area contributed by atoms with Crippen LogP contribution in [0.15, 0.2) is 40.9 Å². The van der Waals surface area contributed by atoms with E-state index >= 15 is 0 Å². The Balaban J connectivity index is 2.46. The number of hydrogen-bond acceptors (Lipinski definition) is 5. The maximum atomic E-state index is 14.6. The summed E-state index contributed by atoms with van der Waals surface area (Å²) in [4.78, 5) is 24.9. The molecule has 10 heteroatoms. The van der Waals surface area contributed by atoms with E-state index in [9.17, 15) is 22.8 Å². The highest BCUT2D eigenvalue weighted by Crippen LogP contribution is 2.35. The molecule has 0 radical (unpaired) electrons. The largest absolute Gasteiger partial charge is 0.465 e. The van der Waals surface area contributed by atoms with Crippen LogP contribution in [0.2, 0.25) is 0 Å². The molecule has 150 valence electrons. The third-order valence-electron chi connectivity index (χ3n) is 4.01. The van der Waals surface area contributed by atoms with Crippen LogP contribution in [0.1, 0.15) is 20.8 Å². The molecule has 0 aliphatic rings. The van der Waals surface area contributed by atoms with Gasteiger partial charge in [0, 0.05) is 0 Å². The Labute approximate surface area is 171 Å². The first-order chi connectivity index (χ1) is 13.8. The molecule has 0 saturated heterocycles. The predicted molar refractivity (Wildman–Crippen MR) is 99.3 cm³/mol. The molecule has 3 aromatic rings. The van der Waals surface area contributed by atoms with Crippen LogP contribution in [0.25, 0.3) is 16.9 Å². The van der Waals surface area contributed by atoms with Gasteiger partial charge in [0.15, 0.2) is 17.3 Å². The van der Waals surface area contributed by atoms with Crippen LogP contribution in [0.3, 0.4) is 0 Å². The zero-order valence-corrected chi connectivity index (χ0v) is 16.6. The number of ether oxygens (including phenoxy) is 2. The van der Waals surface area contributed by atoms with Crippen molar-refractivity contribution >= 4 is 27.9 Å². The lowest BCUT2D eigenvalue weighted by atomic mass is 10.0. The number of benzene rings is 2. The van der Waals surface area contributed by atoms with Crippen molar-refractivity contribution in [1.29, 1.82) is 0 Å². The quantitative estimate of drug-likeness (QED) is 0.324. The molecule has 2 aromatic carbocycles. The Morgan fingerprint density at radius 3 is 2.21 bits per heavy atom. The second-order valence-corrected chi connectivity index (χ2v) is 6.50. The Morgan fingerprint density at radius 2 is 1.62 bits per heavy atom. The SMILES string of the molecule is COC(=O)c1c(-c2c(F)cc(Br)c(F)c2F)nn(-c2ccccc2)c1C(=O)OC. The third-order valence-corrected chi connectivity index (χ3v) is 4.58. The molecule has 0 atom stereocenters. The highest BCUT2D eigenvalue weighted by molar-refractivity contribution is 9.10. The number of nitrogens with zero attached hydrogens (tertiary/aromatic N) is 2. The molecule has 1 heterocycles. The summed E-state index contributed by atoms with van der Waals surface area (Å²) in [7, 11) is 2.08. The van der Waals surface area contributed by atoms with Crippen molar-refractivity contribution in [2.45, 2.75) is 0 Å². The summed E-state index contributed by atoms with van der Waals surface area (Å²) in [6, 6.07) is 8.70. The molecule has 0 aliphatic carbocycles. The molecular formula is C19H12BrF3N2O4. The molecule has 0 N–H and O–H groups in total. The van der Waals surface area contributed by atoms with E-state index in [0.717, 1.165) is 18.9 Å². The molecule has 0 saturated carbocycles. The average molecular weight is 469 g/mol. The third kappa shape index (κ3) is 3.51. The number of halogens is 4. The van der Waals surface area contributed by atoms with Gasteiger partial charge in [-0.05, 0) is 34.1 Å². The fourth-order valence-corrected chi connectivity index (χ4v) is 3.09. The number of hydrogen-bond donors (Lipinski definition) is 0. The van der Waals surface area contributed by atoms with E-state index < -0.39 is 56.4 Å². The topological polar surface area (TPSA) is 70.4 Å². The summed E-state index contributed by atoms with van der Waals surface area (Å²) >= 11 is 2.71. The van der Waals surface area contributed by atoms with Crippen molar-refractivity contribution in [2.24, 2.45) is 0 Å². The molecule has 0 amide bonds. The lowest BCUT2D eigenvalue weighted by molar-refractivity contribution is 0.0549. The van der Waals surface area contributed by atoms with Gasteiger partial charge in [-0.1, -0.05) is 18.2 Å². The highest BCUT2D eigenvalue weighted by Gasteiger charge is 2.34.